The molecular formula is C32H60F2N8O13. The normalized spacial score (nSPS) is 45.9. The van der Waals surface area contributed by atoms with E-state index in [1.807, 2.05) is 0 Å². The van der Waals surface area contributed by atoms with Crippen LogP contribution >= 0.6 is 0 Å². The van der Waals surface area contributed by atoms with Crippen molar-refractivity contribution in [3.05, 3.63) is 0 Å². The van der Waals surface area contributed by atoms with Gasteiger partial charge in [-0.3, -0.25) is 4.79 Å². The van der Waals surface area contributed by atoms with E-state index in [1.54, 1.807) is 0 Å². The first-order valence-corrected chi connectivity index (χ1v) is 18.7. The Hall–Kier alpha value is -1.43. The van der Waals surface area contributed by atoms with Crippen LogP contribution < -0.4 is 45.0 Å². The summed E-state index contributed by atoms with van der Waals surface area (Å²) in [7, 11) is 0. The molecule has 18 atom stereocenters. The van der Waals surface area contributed by atoms with E-state index in [0.29, 0.717) is 25.3 Å². The molecule has 23 heteroatoms. The Morgan fingerprint density at radius 1 is 0.782 bits per heavy atom. The molecular weight excluding hydrogens is 742 g/mol. The third-order valence-electron chi connectivity index (χ3n) is 11.2. The quantitative estimate of drug-likeness (QED) is 0.0689. The van der Waals surface area contributed by atoms with E-state index in [9.17, 15) is 44.2 Å². The zero-order valence-electron chi connectivity index (χ0n) is 30.4. The number of alkyl halides is 2. The van der Waals surface area contributed by atoms with Crippen LogP contribution in [0.25, 0.3) is 0 Å². The maximum absolute atomic E-state index is 14.1. The Bertz CT molecular complexity index is 1240. The first-order chi connectivity index (χ1) is 26.0. The number of ether oxygens (including phenoxy) is 6. The average molecular weight is 803 g/mol. The molecule has 3 aliphatic heterocycles. The second-order valence-electron chi connectivity index (χ2n) is 15.4. The summed E-state index contributed by atoms with van der Waals surface area (Å²) in [5.74, 6) is -5.06. The van der Waals surface area contributed by atoms with Gasteiger partial charge in [0.25, 0.3) is 11.8 Å². The largest absolute Gasteiger partial charge is 0.394 e. The molecule has 320 valence electrons. The van der Waals surface area contributed by atoms with Gasteiger partial charge in [0.1, 0.15) is 54.9 Å². The molecule has 2 saturated carbocycles. The van der Waals surface area contributed by atoms with E-state index in [0.717, 1.165) is 19.4 Å². The van der Waals surface area contributed by atoms with Gasteiger partial charge >= 0.3 is 0 Å². The molecule has 55 heavy (non-hydrogen) atoms. The van der Waals surface area contributed by atoms with Gasteiger partial charge in [-0.25, -0.2) is 8.78 Å². The third kappa shape index (κ3) is 10.2. The molecule has 5 aliphatic rings. The molecule has 3 heterocycles. The van der Waals surface area contributed by atoms with Gasteiger partial charge in [-0.1, -0.05) is 0 Å². The molecule has 0 aromatic rings. The zero-order valence-corrected chi connectivity index (χ0v) is 30.4. The van der Waals surface area contributed by atoms with Crippen molar-refractivity contribution in [1.82, 2.24) is 10.6 Å². The highest BCUT2D eigenvalue weighted by molar-refractivity contribution is 5.82. The standard InChI is InChI=1S/C32H60F2N8O13/c33-32(34,10-36)27(48)28(49)42-16-5-15(39)24(53-29-14(38)2-1-13(50-29)8-41-7-11-3-12(37)4-11)26(20(16)44)55-31-23(47)25(18(9-43)52-31)54-30-19(40)22(46)21(45)17(6-35)51-30/h11-27,29-31,41,43-48H,1-10,35-40H2,(H,42,49)/t11?,12?,13-,14+,15-,16+,17-,18+,19+,20-,21+,22+,23+,24+,25+,26+,27?,29+,30+,31-/m0/s1. The van der Waals surface area contributed by atoms with Crippen molar-refractivity contribution >= 4 is 5.91 Å². The van der Waals surface area contributed by atoms with Crippen molar-refractivity contribution < 1.29 is 72.6 Å². The molecule has 0 aromatic heterocycles. The molecule has 0 bridgehead atoms. The van der Waals surface area contributed by atoms with E-state index in [-0.39, 0.29) is 25.1 Å². The number of rotatable bonds is 16. The van der Waals surface area contributed by atoms with Gasteiger partial charge < -0.3 is 104 Å². The van der Waals surface area contributed by atoms with Crippen molar-refractivity contribution in [3.63, 3.8) is 0 Å². The summed E-state index contributed by atoms with van der Waals surface area (Å²) in [5.41, 5.74) is 35.5. The summed E-state index contributed by atoms with van der Waals surface area (Å²) < 4.78 is 64.1. The number of halogens is 2. The molecule has 1 unspecified atom stereocenters. The van der Waals surface area contributed by atoms with Gasteiger partial charge in [0, 0.05) is 25.2 Å². The number of amides is 1. The zero-order chi connectivity index (χ0) is 40.4. The van der Waals surface area contributed by atoms with E-state index in [4.69, 9.17) is 62.8 Å². The summed E-state index contributed by atoms with van der Waals surface area (Å²) in [6, 6.07) is -4.25. The second kappa shape index (κ2) is 19.1. The fraction of sp³-hybridized carbons (Fsp3) is 0.969. The van der Waals surface area contributed by atoms with Crippen molar-refractivity contribution in [2.75, 3.05) is 32.8 Å². The first kappa shape index (κ1) is 44.7. The lowest BCUT2D eigenvalue weighted by Gasteiger charge is -2.47. The molecule has 2 aliphatic carbocycles. The lowest BCUT2D eigenvalue weighted by Crippen LogP contribution is -2.67. The second-order valence-corrected chi connectivity index (χ2v) is 15.4. The van der Waals surface area contributed by atoms with Crippen LogP contribution in [0.4, 0.5) is 8.78 Å². The molecule has 0 spiro atoms. The predicted octanol–water partition coefficient (Wildman–Crippen LogP) is -7.36. The number of hydrogen-bond donors (Lipinski definition) is 14. The molecule has 21 nitrogen and oxygen atoms in total. The van der Waals surface area contributed by atoms with Gasteiger partial charge in [-0.15, -0.1) is 0 Å². The fourth-order valence-corrected chi connectivity index (χ4v) is 7.71. The van der Waals surface area contributed by atoms with Crippen LogP contribution in [0, 0.1) is 5.92 Å². The maximum atomic E-state index is 14.1. The van der Waals surface area contributed by atoms with E-state index in [1.165, 1.54) is 0 Å². The average Bonchev–Trinajstić information content (AvgIpc) is 3.44. The Labute approximate surface area is 316 Å². The highest BCUT2D eigenvalue weighted by Gasteiger charge is 2.55. The monoisotopic (exact) mass is 802 g/mol. The van der Waals surface area contributed by atoms with E-state index in [2.05, 4.69) is 10.6 Å². The molecule has 1 amide bonds. The lowest BCUT2D eigenvalue weighted by molar-refractivity contribution is -0.290. The van der Waals surface area contributed by atoms with E-state index < -0.39 is 129 Å². The van der Waals surface area contributed by atoms with Gasteiger partial charge in [0.05, 0.1) is 37.4 Å². The number of aliphatic hydroxyl groups is 6. The van der Waals surface area contributed by atoms with Crippen molar-refractivity contribution in [3.8, 4) is 0 Å². The predicted molar refractivity (Wildman–Crippen MR) is 184 cm³/mol. The fourth-order valence-electron chi connectivity index (χ4n) is 7.71. The molecule has 0 aromatic carbocycles. The molecule has 20 N–H and O–H groups in total. The Morgan fingerprint density at radius 2 is 1.44 bits per heavy atom. The molecule has 5 rings (SSSR count). The highest BCUT2D eigenvalue weighted by Crippen LogP contribution is 2.35. The van der Waals surface area contributed by atoms with E-state index >= 15 is 0 Å². The third-order valence-corrected chi connectivity index (χ3v) is 11.2. The SMILES string of the molecule is NC[C@@H]1O[C@H](O[C@H]2[C@@H](O)[C@H](O[C@@H]3[C@@H](O)[C@H](NC(=O)C(O)C(F)(F)CN)C[C@H](N)[C@H]3O[C@H]3O[C@H](CNCC4CC(N)C4)CC[C@H]3N)O[C@@H]2CO)[C@H](N)[C@@H](O)[C@@H]1O. The molecule has 5 fully saturated rings. The minimum absolute atomic E-state index is 0.213. The van der Waals surface area contributed by atoms with Crippen molar-refractivity contribution in [2.24, 2.45) is 40.3 Å². The van der Waals surface area contributed by atoms with Crippen LogP contribution in [0.5, 0.6) is 0 Å². The topological polar surface area (TPSA) is 374 Å². The van der Waals surface area contributed by atoms with Crippen LogP contribution in [0.15, 0.2) is 0 Å². The van der Waals surface area contributed by atoms with Crippen molar-refractivity contribution in [2.45, 2.75) is 154 Å². The minimum Gasteiger partial charge on any atom is -0.394 e. The van der Waals surface area contributed by atoms with Crippen LogP contribution in [0.1, 0.15) is 32.1 Å². The van der Waals surface area contributed by atoms with Gasteiger partial charge in [0.15, 0.2) is 25.0 Å². The van der Waals surface area contributed by atoms with Crippen LogP contribution in [-0.4, -0.2) is 191 Å². The smallest absolute Gasteiger partial charge is 0.294 e. The van der Waals surface area contributed by atoms with Gasteiger partial charge in [0.2, 0.25) is 0 Å². The first-order valence-electron chi connectivity index (χ1n) is 18.7. The summed E-state index contributed by atoms with van der Waals surface area (Å²) in [4.78, 5) is 12.7. The Kier molecular flexibility index (Phi) is 15.5. The number of aliphatic hydroxyl groups excluding tert-OH is 6. The Morgan fingerprint density at radius 3 is 2.07 bits per heavy atom. The van der Waals surface area contributed by atoms with Gasteiger partial charge in [-0.2, -0.15) is 0 Å². The highest BCUT2D eigenvalue weighted by atomic mass is 19.3. The van der Waals surface area contributed by atoms with Gasteiger partial charge in [-0.05, 0) is 44.6 Å². The lowest BCUT2D eigenvalue weighted by atomic mass is 9.81. The number of hydrogen-bond acceptors (Lipinski definition) is 20. The molecule has 0 radical (unpaired) electrons. The number of carbonyl (C=O) groups is 1. The summed E-state index contributed by atoms with van der Waals surface area (Å²) in [5, 5.41) is 69.4. The summed E-state index contributed by atoms with van der Waals surface area (Å²) in [6.45, 7) is -1.04. The summed E-state index contributed by atoms with van der Waals surface area (Å²) in [6.07, 6.45) is -17.8. The Balaban J connectivity index is 1.32. The minimum atomic E-state index is -3.99. The number of carbonyl (C=O) groups excluding carboxylic acids is 1. The van der Waals surface area contributed by atoms with Crippen LogP contribution in [-0.2, 0) is 33.2 Å². The van der Waals surface area contributed by atoms with Crippen molar-refractivity contribution in [1.29, 1.82) is 0 Å². The van der Waals surface area contributed by atoms with Crippen LogP contribution in [0.2, 0.25) is 0 Å². The number of nitrogens with two attached hydrogens (primary N) is 6. The molecule has 3 saturated heterocycles. The maximum Gasteiger partial charge on any atom is 0.294 e. The number of nitrogens with one attached hydrogen (secondary N) is 2. The van der Waals surface area contributed by atoms with Crippen LogP contribution in [0.3, 0.4) is 0 Å². The summed E-state index contributed by atoms with van der Waals surface area (Å²) >= 11 is 0.